The number of halogens is 2. The molecule has 3 N–H and O–H groups in total. The highest BCUT2D eigenvalue weighted by atomic mass is 79.9. The molecule has 0 saturated heterocycles. The van der Waals surface area contributed by atoms with E-state index in [1.807, 2.05) is 69.3 Å². The zero-order chi connectivity index (χ0) is 29.7. The lowest BCUT2D eigenvalue weighted by Gasteiger charge is -2.31. The van der Waals surface area contributed by atoms with Crippen molar-refractivity contribution in [2.75, 3.05) is 6.54 Å². The molecule has 4 aromatic rings. The summed E-state index contributed by atoms with van der Waals surface area (Å²) in [4.78, 5) is 42.5. The molecule has 3 aromatic carbocycles. The van der Waals surface area contributed by atoms with Crippen molar-refractivity contribution in [2.45, 2.75) is 45.4 Å². The largest absolute Gasteiger partial charge is 0.489 e. The molecule has 0 fully saturated rings. The van der Waals surface area contributed by atoms with Crippen molar-refractivity contribution in [2.24, 2.45) is 0 Å². The molecule has 0 radical (unpaired) electrons. The van der Waals surface area contributed by atoms with Crippen molar-refractivity contribution >= 4 is 56.7 Å². The number of ether oxygens (including phenoxy) is 1. The molecule has 1 atom stereocenters. The number of carboxylic acids is 1. The smallest absolute Gasteiger partial charge is 0.352 e. The van der Waals surface area contributed by atoms with E-state index in [9.17, 15) is 19.5 Å². The normalized spacial score (nSPS) is 12.1. The standard InChI is InChI=1S/C31H31BrClN3O5/c1-31(2,3)35-29(38)28(26-24-13-10-22(33)16-25(24)34-27(26)30(39)40)36(18-37)15-14-19-6-11-23(12-7-19)41-17-20-4-8-21(32)9-5-20/h4-13,16,18,28,34H,14-15,17H2,1-3H3,(H,35,38)(H,39,40). The summed E-state index contributed by atoms with van der Waals surface area (Å²) in [6.45, 7) is 6.06. The van der Waals surface area contributed by atoms with Crippen LogP contribution in [0.15, 0.2) is 71.2 Å². The van der Waals surface area contributed by atoms with Gasteiger partial charge in [0.05, 0.1) is 0 Å². The number of nitrogens with zero attached hydrogens (tertiary/aromatic N) is 1. The topological polar surface area (TPSA) is 112 Å². The Morgan fingerprint density at radius 1 is 1.07 bits per heavy atom. The molecule has 2 amide bonds. The van der Waals surface area contributed by atoms with Gasteiger partial charge in [-0.05, 0) is 74.7 Å². The third-order valence-electron chi connectivity index (χ3n) is 6.40. The minimum absolute atomic E-state index is 0.171. The Labute approximate surface area is 251 Å². The highest BCUT2D eigenvalue weighted by Gasteiger charge is 2.35. The number of carboxylic acid groups (broad SMARTS) is 1. The number of carbonyl (C=O) groups is 3. The number of nitrogens with one attached hydrogen (secondary N) is 2. The monoisotopic (exact) mass is 639 g/mol. The molecule has 0 saturated carbocycles. The number of H-pyrrole nitrogens is 1. The summed E-state index contributed by atoms with van der Waals surface area (Å²) in [7, 11) is 0. The van der Waals surface area contributed by atoms with Crippen LogP contribution in [0.1, 0.15) is 54.0 Å². The van der Waals surface area contributed by atoms with Crippen molar-refractivity contribution in [1.82, 2.24) is 15.2 Å². The lowest BCUT2D eigenvalue weighted by atomic mass is 9.98. The predicted molar refractivity (Wildman–Crippen MR) is 162 cm³/mol. The fourth-order valence-electron chi connectivity index (χ4n) is 4.53. The number of carbonyl (C=O) groups excluding carboxylic acids is 2. The lowest BCUT2D eigenvalue weighted by Crippen LogP contribution is -2.48. The third kappa shape index (κ3) is 7.68. The van der Waals surface area contributed by atoms with Crippen molar-refractivity contribution in [3.8, 4) is 5.75 Å². The third-order valence-corrected chi connectivity index (χ3v) is 7.17. The number of amides is 2. The minimum atomic E-state index is -1.24. The van der Waals surface area contributed by atoms with Gasteiger partial charge in [-0.15, -0.1) is 0 Å². The van der Waals surface area contributed by atoms with E-state index in [4.69, 9.17) is 16.3 Å². The molecular formula is C31H31BrClN3O5. The average molecular weight is 641 g/mol. The maximum Gasteiger partial charge on any atom is 0.352 e. The van der Waals surface area contributed by atoms with Crippen LogP contribution >= 0.6 is 27.5 Å². The Hall–Kier alpha value is -3.82. The lowest BCUT2D eigenvalue weighted by molar-refractivity contribution is -0.134. The summed E-state index contributed by atoms with van der Waals surface area (Å²) in [6, 6.07) is 19.1. The van der Waals surface area contributed by atoms with Gasteiger partial charge >= 0.3 is 5.97 Å². The molecule has 10 heteroatoms. The maximum absolute atomic E-state index is 13.6. The molecule has 8 nitrogen and oxygen atoms in total. The second-order valence-corrected chi connectivity index (χ2v) is 12.1. The quantitative estimate of drug-likeness (QED) is 0.162. The SMILES string of the molecule is CC(C)(C)NC(=O)C(c1c(C(=O)O)[nH]c2cc(Cl)ccc12)N(C=O)CCc1ccc(OCc2ccc(Br)cc2)cc1. The molecule has 41 heavy (non-hydrogen) atoms. The number of hydrogen-bond acceptors (Lipinski definition) is 4. The van der Waals surface area contributed by atoms with Crippen LogP contribution in [0.5, 0.6) is 5.75 Å². The van der Waals surface area contributed by atoms with E-state index in [1.54, 1.807) is 18.2 Å². The van der Waals surface area contributed by atoms with E-state index in [0.717, 1.165) is 15.6 Å². The molecule has 1 heterocycles. The Kier molecular flexibility index (Phi) is 9.40. The van der Waals surface area contributed by atoms with Gasteiger partial charge in [0.25, 0.3) is 0 Å². The van der Waals surface area contributed by atoms with Crippen LogP contribution in [0.4, 0.5) is 0 Å². The molecule has 0 aliphatic carbocycles. The molecular weight excluding hydrogens is 610 g/mol. The maximum atomic E-state index is 13.6. The first-order chi connectivity index (χ1) is 19.4. The van der Waals surface area contributed by atoms with Gasteiger partial charge in [-0.1, -0.05) is 57.9 Å². The van der Waals surface area contributed by atoms with Crippen LogP contribution in [0.25, 0.3) is 10.9 Å². The Balaban J connectivity index is 1.57. The fraction of sp³-hybridized carbons (Fsp3) is 0.258. The van der Waals surface area contributed by atoms with E-state index in [0.29, 0.717) is 41.1 Å². The van der Waals surface area contributed by atoms with Crippen molar-refractivity contribution in [3.63, 3.8) is 0 Å². The van der Waals surface area contributed by atoms with Crippen LogP contribution in [0.3, 0.4) is 0 Å². The van der Waals surface area contributed by atoms with Gasteiger partial charge in [0.1, 0.15) is 24.1 Å². The molecule has 214 valence electrons. The number of aromatic nitrogens is 1. The zero-order valence-corrected chi connectivity index (χ0v) is 25.3. The summed E-state index contributed by atoms with van der Waals surface area (Å²) < 4.78 is 6.88. The summed E-state index contributed by atoms with van der Waals surface area (Å²) in [6.07, 6.45) is 1.02. The molecule has 1 aromatic heterocycles. The Bertz CT molecular complexity index is 1550. The molecule has 4 rings (SSSR count). The second kappa shape index (κ2) is 12.8. The molecule has 0 spiro atoms. The summed E-state index contributed by atoms with van der Waals surface area (Å²) in [5.41, 5.74) is 1.84. The molecule has 0 aliphatic heterocycles. The Morgan fingerprint density at radius 3 is 2.34 bits per heavy atom. The van der Waals surface area contributed by atoms with Crippen molar-refractivity contribution < 1.29 is 24.2 Å². The first-order valence-electron chi connectivity index (χ1n) is 13.0. The first-order valence-corrected chi connectivity index (χ1v) is 14.2. The minimum Gasteiger partial charge on any atom is -0.489 e. The van der Waals surface area contributed by atoms with E-state index in [1.165, 1.54) is 4.90 Å². The van der Waals surface area contributed by atoms with Gasteiger partial charge in [0.15, 0.2) is 0 Å². The van der Waals surface area contributed by atoms with E-state index in [-0.39, 0.29) is 17.8 Å². The van der Waals surface area contributed by atoms with E-state index < -0.39 is 23.5 Å². The van der Waals surface area contributed by atoms with Gasteiger partial charge in [-0.3, -0.25) is 9.59 Å². The molecule has 0 aliphatic rings. The van der Waals surface area contributed by atoms with E-state index in [2.05, 4.69) is 26.2 Å². The number of aromatic amines is 1. The second-order valence-electron chi connectivity index (χ2n) is 10.7. The van der Waals surface area contributed by atoms with Crippen molar-refractivity contribution in [3.05, 3.63) is 98.6 Å². The Morgan fingerprint density at radius 2 is 1.73 bits per heavy atom. The van der Waals surface area contributed by atoms with Crippen LogP contribution < -0.4 is 10.1 Å². The van der Waals surface area contributed by atoms with Crippen molar-refractivity contribution in [1.29, 1.82) is 0 Å². The average Bonchev–Trinajstić information content (AvgIpc) is 3.28. The number of hydrogen-bond donors (Lipinski definition) is 3. The summed E-state index contributed by atoms with van der Waals surface area (Å²) >= 11 is 9.56. The number of benzene rings is 3. The summed E-state index contributed by atoms with van der Waals surface area (Å²) in [5, 5.41) is 13.8. The van der Waals surface area contributed by atoms with Crippen LogP contribution in [-0.4, -0.2) is 45.4 Å². The fourth-order valence-corrected chi connectivity index (χ4v) is 4.97. The van der Waals surface area contributed by atoms with Crippen LogP contribution in [0.2, 0.25) is 5.02 Å². The predicted octanol–water partition coefficient (Wildman–Crippen LogP) is 6.52. The van der Waals surface area contributed by atoms with Crippen LogP contribution in [0, 0.1) is 0 Å². The van der Waals surface area contributed by atoms with Crippen LogP contribution in [-0.2, 0) is 22.6 Å². The number of rotatable bonds is 11. The highest BCUT2D eigenvalue weighted by molar-refractivity contribution is 9.10. The highest BCUT2D eigenvalue weighted by Crippen LogP contribution is 2.34. The van der Waals surface area contributed by atoms with Gasteiger partial charge < -0.3 is 25.0 Å². The molecule has 0 bridgehead atoms. The van der Waals surface area contributed by atoms with Gasteiger partial charge in [-0.25, -0.2) is 4.79 Å². The first kappa shape index (κ1) is 30.1. The summed E-state index contributed by atoms with van der Waals surface area (Å²) in [5.74, 6) is -1.03. The van der Waals surface area contributed by atoms with Gasteiger partial charge in [-0.2, -0.15) is 0 Å². The van der Waals surface area contributed by atoms with Gasteiger partial charge in [0.2, 0.25) is 12.3 Å². The zero-order valence-electron chi connectivity index (χ0n) is 22.9. The molecule has 1 unspecified atom stereocenters. The van der Waals surface area contributed by atoms with E-state index >= 15 is 0 Å². The number of fused-ring (bicyclic) bond motifs is 1. The number of aromatic carboxylic acids is 1. The van der Waals surface area contributed by atoms with Gasteiger partial charge in [0, 0.05) is 38.0 Å².